The Morgan fingerprint density at radius 2 is 1.59 bits per heavy atom. The highest BCUT2D eigenvalue weighted by atomic mass is 15.0. The molecule has 0 bridgehead atoms. The van der Waals surface area contributed by atoms with Gasteiger partial charge in [-0.05, 0) is 24.3 Å². The fourth-order valence-electron chi connectivity index (χ4n) is 2.25. The smallest absolute Gasteiger partial charge is 0.148 e. The minimum absolute atomic E-state index is 0.969. The first-order valence-corrected chi connectivity index (χ1v) is 5.54. The van der Waals surface area contributed by atoms with Crippen molar-refractivity contribution >= 4 is 27.6 Å². The second-order valence-electron chi connectivity index (χ2n) is 4.06. The molecule has 0 spiro atoms. The zero-order valence-electron chi connectivity index (χ0n) is 9.04. The Morgan fingerprint density at radius 3 is 2.53 bits per heavy atom. The van der Waals surface area contributed by atoms with Crippen molar-refractivity contribution in [1.82, 2.24) is 14.4 Å². The molecule has 0 aliphatic heterocycles. The maximum absolute atomic E-state index is 4.67. The van der Waals surface area contributed by atoms with Gasteiger partial charge in [-0.25, -0.2) is 9.97 Å². The van der Waals surface area contributed by atoms with E-state index in [1.807, 2.05) is 47.1 Å². The Kier molecular flexibility index (Phi) is 1.56. The molecular weight excluding hydrogens is 210 g/mol. The van der Waals surface area contributed by atoms with Gasteiger partial charge in [0.1, 0.15) is 12.0 Å². The highest BCUT2D eigenvalue weighted by Crippen LogP contribution is 2.21. The predicted molar refractivity (Wildman–Crippen MR) is 68.0 cm³/mol. The Labute approximate surface area is 97.4 Å². The number of imidazole rings is 1. The molecule has 0 radical (unpaired) electrons. The number of para-hydroxylation sites is 3. The molecule has 2 heterocycles. The van der Waals surface area contributed by atoms with E-state index in [2.05, 4.69) is 22.1 Å². The van der Waals surface area contributed by atoms with Crippen LogP contribution in [-0.4, -0.2) is 14.4 Å². The van der Waals surface area contributed by atoms with Gasteiger partial charge in [0.2, 0.25) is 0 Å². The molecule has 17 heavy (non-hydrogen) atoms. The van der Waals surface area contributed by atoms with E-state index in [1.54, 1.807) is 0 Å². The van der Waals surface area contributed by atoms with Crippen molar-refractivity contribution in [3.05, 3.63) is 54.9 Å². The molecule has 4 rings (SSSR count). The molecule has 0 atom stereocenters. The van der Waals surface area contributed by atoms with Crippen LogP contribution >= 0.6 is 0 Å². The molecule has 0 unspecified atom stereocenters. The van der Waals surface area contributed by atoms with Gasteiger partial charge in [0.05, 0.1) is 16.6 Å². The van der Waals surface area contributed by atoms with Crippen LogP contribution in [0.4, 0.5) is 0 Å². The van der Waals surface area contributed by atoms with Gasteiger partial charge in [-0.1, -0.05) is 24.3 Å². The van der Waals surface area contributed by atoms with E-state index in [4.69, 9.17) is 0 Å². The average molecular weight is 219 g/mol. The molecule has 80 valence electrons. The van der Waals surface area contributed by atoms with Crippen LogP contribution in [0.15, 0.2) is 54.9 Å². The van der Waals surface area contributed by atoms with Crippen LogP contribution in [0.3, 0.4) is 0 Å². The van der Waals surface area contributed by atoms with Gasteiger partial charge in [0.15, 0.2) is 0 Å². The molecule has 0 saturated carbocycles. The summed E-state index contributed by atoms with van der Waals surface area (Å²) in [6.45, 7) is 0. The first kappa shape index (κ1) is 8.70. The molecule has 0 aliphatic rings. The fraction of sp³-hybridized carbons (Fsp3) is 0. The summed E-state index contributed by atoms with van der Waals surface area (Å²) in [6.07, 6.45) is 1.84. The monoisotopic (exact) mass is 219 g/mol. The van der Waals surface area contributed by atoms with Crippen LogP contribution in [0, 0.1) is 0 Å². The lowest BCUT2D eigenvalue weighted by Crippen LogP contribution is -1.88. The lowest BCUT2D eigenvalue weighted by Gasteiger charge is -1.99. The Bertz CT molecular complexity index is 846. The van der Waals surface area contributed by atoms with Crippen LogP contribution < -0.4 is 0 Å². The third kappa shape index (κ3) is 1.11. The topological polar surface area (TPSA) is 30.2 Å². The van der Waals surface area contributed by atoms with Crippen molar-refractivity contribution < 1.29 is 0 Å². The van der Waals surface area contributed by atoms with E-state index in [0.717, 1.165) is 27.6 Å². The van der Waals surface area contributed by atoms with Crippen molar-refractivity contribution in [2.45, 2.75) is 0 Å². The summed E-state index contributed by atoms with van der Waals surface area (Å²) >= 11 is 0. The number of benzene rings is 2. The van der Waals surface area contributed by atoms with Crippen LogP contribution in [0.2, 0.25) is 0 Å². The van der Waals surface area contributed by atoms with E-state index < -0.39 is 0 Å². The van der Waals surface area contributed by atoms with E-state index in [-0.39, 0.29) is 0 Å². The lowest BCUT2D eigenvalue weighted by atomic mass is 10.2. The standard InChI is InChI=1S/C14H9N3/c1-2-6-11-10(5-1)14-16-12-7-3-4-8-13(12)17(14)9-15-11/h1-9H. The highest BCUT2D eigenvalue weighted by molar-refractivity contribution is 5.95. The van der Waals surface area contributed by atoms with Crippen molar-refractivity contribution in [2.75, 3.05) is 0 Å². The van der Waals surface area contributed by atoms with Crippen LogP contribution in [-0.2, 0) is 0 Å². The van der Waals surface area contributed by atoms with E-state index >= 15 is 0 Å². The van der Waals surface area contributed by atoms with Gasteiger partial charge >= 0.3 is 0 Å². The molecule has 2 aromatic carbocycles. The fourth-order valence-corrected chi connectivity index (χ4v) is 2.25. The van der Waals surface area contributed by atoms with E-state index in [1.165, 1.54) is 0 Å². The molecule has 3 nitrogen and oxygen atoms in total. The zero-order valence-corrected chi connectivity index (χ0v) is 9.04. The van der Waals surface area contributed by atoms with Crippen LogP contribution in [0.25, 0.3) is 27.6 Å². The third-order valence-electron chi connectivity index (χ3n) is 3.05. The minimum atomic E-state index is 0.969. The zero-order chi connectivity index (χ0) is 11.2. The number of hydrogen-bond donors (Lipinski definition) is 0. The first-order valence-electron chi connectivity index (χ1n) is 5.54. The second kappa shape index (κ2) is 3.04. The summed E-state index contributed by atoms with van der Waals surface area (Å²) in [6, 6.07) is 16.2. The molecule has 4 aromatic rings. The van der Waals surface area contributed by atoms with Gasteiger partial charge in [-0.15, -0.1) is 0 Å². The van der Waals surface area contributed by atoms with Gasteiger partial charge in [-0.2, -0.15) is 0 Å². The number of nitrogens with zero attached hydrogens (tertiary/aromatic N) is 3. The molecular formula is C14H9N3. The Hall–Kier alpha value is -2.42. The van der Waals surface area contributed by atoms with Gasteiger partial charge in [0, 0.05) is 5.39 Å². The minimum Gasteiger partial charge on any atom is -0.282 e. The summed E-state index contributed by atoms with van der Waals surface area (Å²) in [7, 11) is 0. The van der Waals surface area contributed by atoms with Crippen molar-refractivity contribution in [1.29, 1.82) is 0 Å². The number of rotatable bonds is 0. The van der Waals surface area contributed by atoms with Crippen LogP contribution in [0.1, 0.15) is 0 Å². The second-order valence-corrected chi connectivity index (χ2v) is 4.06. The molecule has 3 heteroatoms. The summed E-state index contributed by atoms with van der Waals surface area (Å²) in [5.41, 5.74) is 4.05. The Morgan fingerprint density at radius 1 is 0.824 bits per heavy atom. The highest BCUT2D eigenvalue weighted by Gasteiger charge is 2.06. The van der Waals surface area contributed by atoms with Gasteiger partial charge in [0.25, 0.3) is 0 Å². The molecule has 0 N–H and O–H groups in total. The largest absolute Gasteiger partial charge is 0.282 e. The molecule has 0 aliphatic carbocycles. The van der Waals surface area contributed by atoms with Crippen molar-refractivity contribution in [3.63, 3.8) is 0 Å². The van der Waals surface area contributed by atoms with E-state index in [0.29, 0.717) is 0 Å². The Balaban J connectivity index is 2.34. The third-order valence-corrected chi connectivity index (χ3v) is 3.05. The average Bonchev–Trinajstić information content (AvgIpc) is 2.78. The maximum Gasteiger partial charge on any atom is 0.148 e. The first-order chi connectivity index (χ1) is 8.43. The molecule has 0 saturated heterocycles. The SMILES string of the molecule is c1ccc2c(c1)ncn1c3ccccc3nc21. The summed E-state index contributed by atoms with van der Waals surface area (Å²) in [5.74, 6) is 0. The summed E-state index contributed by atoms with van der Waals surface area (Å²) < 4.78 is 2.04. The predicted octanol–water partition coefficient (Wildman–Crippen LogP) is 3.04. The number of fused-ring (bicyclic) bond motifs is 5. The maximum atomic E-state index is 4.67. The van der Waals surface area contributed by atoms with Crippen molar-refractivity contribution in [2.24, 2.45) is 0 Å². The van der Waals surface area contributed by atoms with E-state index in [9.17, 15) is 0 Å². The number of aromatic nitrogens is 3. The van der Waals surface area contributed by atoms with Crippen molar-refractivity contribution in [3.8, 4) is 0 Å². The number of hydrogen-bond acceptors (Lipinski definition) is 2. The quantitative estimate of drug-likeness (QED) is 0.455. The molecule has 2 aromatic heterocycles. The van der Waals surface area contributed by atoms with Crippen LogP contribution in [0.5, 0.6) is 0 Å². The summed E-state index contributed by atoms with van der Waals surface area (Å²) in [5, 5.41) is 1.09. The van der Waals surface area contributed by atoms with Gasteiger partial charge in [-0.3, -0.25) is 4.40 Å². The lowest BCUT2D eigenvalue weighted by molar-refractivity contribution is 1.15. The van der Waals surface area contributed by atoms with Gasteiger partial charge < -0.3 is 0 Å². The summed E-state index contributed by atoms with van der Waals surface area (Å²) in [4.78, 5) is 9.12. The normalized spacial score (nSPS) is 11.5. The molecule has 0 amide bonds. The molecule has 0 fully saturated rings.